The maximum atomic E-state index is 6.13. The zero-order chi connectivity index (χ0) is 12.6. The monoisotopic (exact) mass is 270 g/mol. The summed E-state index contributed by atoms with van der Waals surface area (Å²) in [6.07, 6.45) is 4.13. The Balaban J connectivity index is 1.62. The van der Waals surface area contributed by atoms with E-state index < -0.39 is 0 Å². The summed E-state index contributed by atoms with van der Waals surface area (Å²) in [5.41, 5.74) is 6.64. The SMILES string of the molecule is Nc1cnn(CC2(CN3CCOCC3)CC2)c1Cl. The van der Waals surface area contributed by atoms with Gasteiger partial charge in [0.05, 0.1) is 25.1 Å². The van der Waals surface area contributed by atoms with Gasteiger partial charge in [0.25, 0.3) is 0 Å². The second kappa shape index (κ2) is 4.72. The fraction of sp³-hybridized carbons (Fsp3) is 0.750. The van der Waals surface area contributed by atoms with Crippen LogP contribution in [0.1, 0.15) is 12.8 Å². The Morgan fingerprint density at radius 1 is 1.33 bits per heavy atom. The highest BCUT2D eigenvalue weighted by atomic mass is 35.5. The van der Waals surface area contributed by atoms with Gasteiger partial charge in [0.2, 0.25) is 0 Å². The molecule has 0 amide bonds. The van der Waals surface area contributed by atoms with E-state index in [9.17, 15) is 0 Å². The molecule has 2 heterocycles. The smallest absolute Gasteiger partial charge is 0.150 e. The van der Waals surface area contributed by atoms with Crippen molar-refractivity contribution in [2.75, 3.05) is 38.6 Å². The molecule has 0 aromatic carbocycles. The molecule has 2 fully saturated rings. The van der Waals surface area contributed by atoms with Gasteiger partial charge in [-0.05, 0) is 12.8 Å². The first-order valence-electron chi connectivity index (χ1n) is 6.45. The minimum atomic E-state index is 0.347. The van der Waals surface area contributed by atoms with Crippen LogP contribution in [-0.4, -0.2) is 47.5 Å². The van der Waals surface area contributed by atoms with Crippen molar-refractivity contribution in [1.29, 1.82) is 0 Å². The average molecular weight is 271 g/mol. The van der Waals surface area contributed by atoms with Gasteiger partial charge in [-0.3, -0.25) is 9.58 Å². The maximum Gasteiger partial charge on any atom is 0.150 e. The topological polar surface area (TPSA) is 56.3 Å². The first-order chi connectivity index (χ1) is 8.69. The lowest BCUT2D eigenvalue weighted by Gasteiger charge is -2.30. The molecule has 2 aliphatic rings. The average Bonchev–Trinajstić information content (AvgIpc) is 3.07. The third-order valence-corrected chi connectivity index (χ3v) is 4.32. The summed E-state index contributed by atoms with van der Waals surface area (Å²) in [7, 11) is 0. The molecule has 0 bridgehead atoms. The predicted molar refractivity (Wildman–Crippen MR) is 70.6 cm³/mol. The molecule has 6 heteroatoms. The number of anilines is 1. The lowest BCUT2D eigenvalue weighted by atomic mass is 10.1. The van der Waals surface area contributed by atoms with Crippen LogP contribution >= 0.6 is 11.6 Å². The number of aromatic nitrogens is 2. The molecule has 0 unspecified atom stereocenters. The fourth-order valence-electron chi connectivity index (χ4n) is 2.59. The number of hydrogen-bond acceptors (Lipinski definition) is 4. The van der Waals surface area contributed by atoms with Gasteiger partial charge in [-0.15, -0.1) is 0 Å². The Hall–Kier alpha value is -0.780. The van der Waals surface area contributed by atoms with Gasteiger partial charge in [0, 0.05) is 31.6 Å². The van der Waals surface area contributed by atoms with Gasteiger partial charge in [-0.25, -0.2) is 0 Å². The first kappa shape index (κ1) is 12.3. The zero-order valence-electron chi connectivity index (χ0n) is 10.4. The summed E-state index contributed by atoms with van der Waals surface area (Å²) in [6, 6.07) is 0. The quantitative estimate of drug-likeness (QED) is 0.894. The Kier molecular flexibility index (Phi) is 3.21. The molecule has 1 saturated heterocycles. The number of morpholine rings is 1. The van der Waals surface area contributed by atoms with E-state index in [0.29, 0.717) is 16.3 Å². The Morgan fingerprint density at radius 3 is 2.61 bits per heavy atom. The van der Waals surface area contributed by atoms with Crippen molar-refractivity contribution in [3.8, 4) is 0 Å². The normalized spacial score (nSPS) is 23.2. The van der Waals surface area contributed by atoms with E-state index in [4.69, 9.17) is 22.1 Å². The van der Waals surface area contributed by atoms with Crippen LogP contribution in [-0.2, 0) is 11.3 Å². The third-order valence-electron chi connectivity index (χ3n) is 3.91. The summed E-state index contributed by atoms with van der Waals surface area (Å²) >= 11 is 6.13. The molecule has 3 rings (SSSR count). The highest BCUT2D eigenvalue weighted by molar-refractivity contribution is 6.31. The second-order valence-electron chi connectivity index (χ2n) is 5.44. The number of nitrogens with zero attached hydrogens (tertiary/aromatic N) is 3. The number of halogens is 1. The maximum absolute atomic E-state index is 6.13. The van der Waals surface area contributed by atoms with Gasteiger partial charge in [0.1, 0.15) is 5.15 Å². The highest BCUT2D eigenvalue weighted by Gasteiger charge is 2.44. The molecule has 1 aliphatic carbocycles. The molecule has 0 atom stereocenters. The largest absolute Gasteiger partial charge is 0.395 e. The van der Waals surface area contributed by atoms with Gasteiger partial charge in [-0.1, -0.05) is 11.6 Å². The van der Waals surface area contributed by atoms with E-state index in [1.807, 2.05) is 4.68 Å². The van der Waals surface area contributed by atoms with Gasteiger partial charge in [0.15, 0.2) is 0 Å². The molecule has 0 radical (unpaired) electrons. The molecule has 0 spiro atoms. The van der Waals surface area contributed by atoms with Gasteiger partial charge in [-0.2, -0.15) is 5.10 Å². The van der Waals surface area contributed by atoms with Gasteiger partial charge < -0.3 is 10.5 Å². The molecular formula is C12H19ClN4O. The van der Waals surface area contributed by atoms with Crippen molar-refractivity contribution in [1.82, 2.24) is 14.7 Å². The summed E-state index contributed by atoms with van der Waals surface area (Å²) in [6.45, 7) is 5.78. The Labute approximate surface area is 112 Å². The van der Waals surface area contributed by atoms with E-state index in [0.717, 1.165) is 39.4 Å². The molecular weight excluding hydrogens is 252 g/mol. The first-order valence-corrected chi connectivity index (χ1v) is 6.83. The molecule has 18 heavy (non-hydrogen) atoms. The molecule has 1 aromatic rings. The number of hydrogen-bond donors (Lipinski definition) is 1. The van der Waals surface area contributed by atoms with E-state index in [1.165, 1.54) is 12.8 Å². The molecule has 1 aromatic heterocycles. The lowest BCUT2D eigenvalue weighted by molar-refractivity contribution is 0.0266. The van der Waals surface area contributed by atoms with E-state index >= 15 is 0 Å². The number of nitrogens with two attached hydrogens (primary N) is 1. The van der Waals surface area contributed by atoms with Gasteiger partial charge >= 0.3 is 0 Å². The minimum Gasteiger partial charge on any atom is -0.395 e. The van der Waals surface area contributed by atoms with Crippen molar-refractivity contribution in [3.05, 3.63) is 11.3 Å². The second-order valence-corrected chi connectivity index (χ2v) is 5.79. The van der Waals surface area contributed by atoms with Crippen LogP contribution in [0.15, 0.2) is 6.20 Å². The highest BCUT2D eigenvalue weighted by Crippen LogP contribution is 2.48. The Bertz CT molecular complexity index is 424. The Morgan fingerprint density at radius 2 is 2.06 bits per heavy atom. The van der Waals surface area contributed by atoms with Crippen molar-refractivity contribution in [2.45, 2.75) is 19.4 Å². The standard InChI is InChI=1S/C12H19ClN4O/c13-11-10(14)7-15-17(11)9-12(1-2-12)8-16-3-5-18-6-4-16/h7H,1-6,8-9,14H2. The van der Waals surface area contributed by atoms with Crippen LogP contribution in [0.4, 0.5) is 5.69 Å². The summed E-state index contributed by atoms with van der Waals surface area (Å²) < 4.78 is 7.22. The molecule has 1 saturated carbocycles. The summed E-state index contributed by atoms with van der Waals surface area (Å²) in [5, 5.41) is 4.82. The van der Waals surface area contributed by atoms with E-state index in [-0.39, 0.29) is 0 Å². The van der Waals surface area contributed by atoms with Crippen LogP contribution in [0.25, 0.3) is 0 Å². The van der Waals surface area contributed by atoms with Crippen LogP contribution in [0, 0.1) is 5.41 Å². The van der Waals surface area contributed by atoms with Crippen molar-refractivity contribution in [2.24, 2.45) is 5.41 Å². The van der Waals surface area contributed by atoms with E-state index in [1.54, 1.807) is 6.20 Å². The third kappa shape index (κ3) is 2.48. The van der Waals surface area contributed by atoms with Crippen LogP contribution in [0.5, 0.6) is 0 Å². The molecule has 100 valence electrons. The van der Waals surface area contributed by atoms with Crippen LogP contribution in [0.2, 0.25) is 5.15 Å². The summed E-state index contributed by atoms with van der Waals surface area (Å²) in [4.78, 5) is 2.48. The van der Waals surface area contributed by atoms with Crippen LogP contribution in [0.3, 0.4) is 0 Å². The van der Waals surface area contributed by atoms with Crippen LogP contribution < -0.4 is 5.73 Å². The molecule has 1 aliphatic heterocycles. The zero-order valence-corrected chi connectivity index (χ0v) is 11.2. The number of rotatable bonds is 4. The van der Waals surface area contributed by atoms with Crippen molar-refractivity contribution in [3.63, 3.8) is 0 Å². The number of ether oxygens (including phenoxy) is 1. The van der Waals surface area contributed by atoms with Crippen molar-refractivity contribution >= 4 is 17.3 Å². The van der Waals surface area contributed by atoms with E-state index in [2.05, 4.69) is 10.00 Å². The summed E-state index contributed by atoms with van der Waals surface area (Å²) in [5.74, 6) is 0. The molecule has 2 N–H and O–H groups in total. The predicted octanol–water partition coefficient (Wildman–Crippen LogP) is 1.23. The molecule has 5 nitrogen and oxygen atoms in total. The number of nitrogen functional groups attached to an aromatic ring is 1. The fourth-order valence-corrected chi connectivity index (χ4v) is 2.74. The van der Waals surface area contributed by atoms with Crippen molar-refractivity contribution < 1.29 is 4.74 Å². The lowest BCUT2D eigenvalue weighted by Crippen LogP contribution is -2.40. The minimum absolute atomic E-state index is 0.347.